The Labute approximate surface area is 151 Å². The lowest BCUT2D eigenvalue weighted by molar-refractivity contribution is -0.169. The Hall–Kier alpha value is -1.84. The summed E-state index contributed by atoms with van der Waals surface area (Å²) in [6.45, 7) is 12.0. The first-order valence-corrected chi connectivity index (χ1v) is 9.19. The van der Waals surface area contributed by atoms with Crippen LogP contribution < -0.4 is 0 Å². The highest BCUT2D eigenvalue weighted by molar-refractivity contribution is 5.92. The number of carbonyl (C=O) groups excluding carboxylic acids is 2. The molecule has 2 rings (SSSR count). The highest BCUT2D eigenvalue weighted by atomic mass is 16.6. The molecular formula is C21H31NO3. The molecule has 1 aromatic carbocycles. The number of hydrogen-bond donors (Lipinski definition) is 0. The van der Waals surface area contributed by atoms with Crippen molar-refractivity contribution in [3.63, 3.8) is 0 Å². The van der Waals surface area contributed by atoms with E-state index >= 15 is 0 Å². The van der Waals surface area contributed by atoms with E-state index in [2.05, 4.69) is 0 Å². The summed E-state index contributed by atoms with van der Waals surface area (Å²) < 4.78 is 5.67. The second-order valence-corrected chi connectivity index (χ2v) is 8.31. The van der Waals surface area contributed by atoms with E-state index in [1.807, 2.05) is 76.8 Å². The third-order valence-electron chi connectivity index (χ3n) is 5.04. The van der Waals surface area contributed by atoms with Crippen molar-refractivity contribution in [3.05, 3.63) is 35.9 Å². The zero-order chi connectivity index (χ0) is 18.8. The topological polar surface area (TPSA) is 46.6 Å². The predicted octanol–water partition coefficient (Wildman–Crippen LogP) is 4.35. The summed E-state index contributed by atoms with van der Waals surface area (Å²) in [5.74, 6) is -0.528. The van der Waals surface area contributed by atoms with Gasteiger partial charge in [0.05, 0.1) is 17.4 Å². The zero-order valence-electron chi connectivity index (χ0n) is 16.3. The van der Waals surface area contributed by atoms with Gasteiger partial charge in [-0.05, 0) is 46.6 Å². The molecule has 1 amide bonds. The highest BCUT2D eigenvalue weighted by Crippen LogP contribution is 2.44. The number of nitrogens with zero attached hydrogens (tertiary/aromatic N) is 1. The summed E-state index contributed by atoms with van der Waals surface area (Å²) in [7, 11) is 0. The van der Waals surface area contributed by atoms with Crippen LogP contribution in [0.3, 0.4) is 0 Å². The van der Waals surface area contributed by atoms with Crippen molar-refractivity contribution in [1.29, 1.82) is 0 Å². The molecule has 0 spiro atoms. The summed E-state index contributed by atoms with van der Waals surface area (Å²) in [4.78, 5) is 27.9. The summed E-state index contributed by atoms with van der Waals surface area (Å²) in [6, 6.07) is 9.90. The first-order chi connectivity index (χ1) is 11.6. The van der Waals surface area contributed by atoms with Gasteiger partial charge in [-0.3, -0.25) is 9.59 Å². The van der Waals surface area contributed by atoms with Crippen LogP contribution >= 0.6 is 0 Å². The van der Waals surface area contributed by atoms with Gasteiger partial charge in [0.1, 0.15) is 5.60 Å². The molecular weight excluding hydrogens is 314 g/mol. The maximum atomic E-state index is 13.1. The summed E-state index contributed by atoms with van der Waals surface area (Å²) in [5, 5.41) is 0. The van der Waals surface area contributed by atoms with E-state index in [-0.39, 0.29) is 23.8 Å². The molecule has 1 saturated heterocycles. The predicted molar refractivity (Wildman–Crippen MR) is 98.9 cm³/mol. The molecule has 4 nitrogen and oxygen atoms in total. The first-order valence-electron chi connectivity index (χ1n) is 9.19. The SMILES string of the molecule is CCCC1C(=O)N([C@H](C)c2ccccc2)C[C@@]1(C)C(=O)OC(C)(C)C. The molecule has 0 bridgehead atoms. The van der Waals surface area contributed by atoms with E-state index in [1.165, 1.54) is 0 Å². The number of hydrogen-bond acceptors (Lipinski definition) is 3. The van der Waals surface area contributed by atoms with Crippen LogP contribution in [-0.4, -0.2) is 28.9 Å². The Balaban J connectivity index is 2.31. The van der Waals surface area contributed by atoms with Crippen LogP contribution in [-0.2, 0) is 14.3 Å². The van der Waals surface area contributed by atoms with Gasteiger partial charge in [0.15, 0.2) is 0 Å². The van der Waals surface area contributed by atoms with Gasteiger partial charge in [-0.1, -0.05) is 43.7 Å². The summed E-state index contributed by atoms with van der Waals surface area (Å²) >= 11 is 0. The molecule has 25 heavy (non-hydrogen) atoms. The molecule has 1 aromatic rings. The van der Waals surface area contributed by atoms with Gasteiger partial charge in [0.2, 0.25) is 5.91 Å². The molecule has 138 valence electrons. The molecule has 0 aliphatic carbocycles. The van der Waals surface area contributed by atoms with Crippen LogP contribution in [0.2, 0.25) is 0 Å². The lowest BCUT2D eigenvalue weighted by Crippen LogP contribution is -2.41. The normalized spacial score (nSPS) is 25.1. The number of benzene rings is 1. The van der Waals surface area contributed by atoms with Crippen LogP contribution in [0.15, 0.2) is 30.3 Å². The number of rotatable bonds is 5. The number of ether oxygens (including phenoxy) is 1. The van der Waals surface area contributed by atoms with E-state index in [1.54, 1.807) is 0 Å². The molecule has 1 heterocycles. The Kier molecular flexibility index (Phi) is 5.60. The van der Waals surface area contributed by atoms with Gasteiger partial charge >= 0.3 is 5.97 Å². The fourth-order valence-corrected chi connectivity index (χ4v) is 3.59. The Morgan fingerprint density at radius 1 is 1.32 bits per heavy atom. The lowest BCUT2D eigenvalue weighted by Gasteiger charge is -2.31. The maximum absolute atomic E-state index is 13.1. The quantitative estimate of drug-likeness (QED) is 0.745. The van der Waals surface area contributed by atoms with Gasteiger partial charge in [-0.15, -0.1) is 0 Å². The second-order valence-electron chi connectivity index (χ2n) is 8.31. The van der Waals surface area contributed by atoms with Crippen molar-refractivity contribution in [2.24, 2.45) is 11.3 Å². The molecule has 1 unspecified atom stereocenters. The van der Waals surface area contributed by atoms with E-state index in [0.717, 1.165) is 12.0 Å². The molecule has 1 aliphatic rings. The molecule has 3 atom stereocenters. The summed E-state index contributed by atoms with van der Waals surface area (Å²) in [6.07, 6.45) is 1.56. The van der Waals surface area contributed by atoms with Crippen molar-refractivity contribution >= 4 is 11.9 Å². The number of likely N-dealkylation sites (tertiary alicyclic amines) is 1. The van der Waals surface area contributed by atoms with Gasteiger partial charge < -0.3 is 9.64 Å². The average Bonchev–Trinajstić information content (AvgIpc) is 2.80. The van der Waals surface area contributed by atoms with E-state index in [0.29, 0.717) is 13.0 Å². The van der Waals surface area contributed by atoms with Crippen LogP contribution in [0.25, 0.3) is 0 Å². The smallest absolute Gasteiger partial charge is 0.314 e. The van der Waals surface area contributed by atoms with E-state index < -0.39 is 11.0 Å². The second kappa shape index (κ2) is 7.19. The van der Waals surface area contributed by atoms with Gasteiger partial charge in [-0.2, -0.15) is 0 Å². The standard InChI is InChI=1S/C21H31NO3/c1-7-11-17-18(23)22(15(2)16-12-9-8-10-13-16)14-21(17,6)19(24)25-20(3,4)5/h8-10,12-13,15,17H,7,11,14H2,1-6H3/t15-,17?,21-/m1/s1. The maximum Gasteiger partial charge on any atom is 0.314 e. The fraction of sp³-hybridized carbons (Fsp3) is 0.619. The van der Waals surface area contributed by atoms with Crippen molar-refractivity contribution in [2.45, 2.75) is 66.0 Å². The monoisotopic (exact) mass is 345 g/mol. The largest absolute Gasteiger partial charge is 0.459 e. The number of esters is 1. The molecule has 1 aliphatic heterocycles. The van der Waals surface area contributed by atoms with Crippen LogP contribution in [0, 0.1) is 11.3 Å². The number of carbonyl (C=O) groups is 2. The molecule has 0 saturated carbocycles. The zero-order valence-corrected chi connectivity index (χ0v) is 16.3. The average molecular weight is 345 g/mol. The van der Waals surface area contributed by atoms with Gasteiger partial charge in [0, 0.05) is 6.54 Å². The Morgan fingerprint density at radius 3 is 2.44 bits per heavy atom. The molecule has 1 fully saturated rings. The van der Waals surface area contributed by atoms with E-state index in [9.17, 15) is 9.59 Å². The third kappa shape index (κ3) is 4.05. The van der Waals surface area contributed by atoms with Crippen molar-refractivity contribution in [2.75, 3.05) is 6.54 Å². The van der Waals surface area contributed by atoms with Crippen LogP contribution in [0.1, 0.15) is 66.0 Å². The van der Waals surface area contributed by atoms with Crippen LogP contribution in [0.4, 0.5) is 0 Å². The minimum Gasteiger partial charge on any atom is -0.459 e. The minimum absolute atomic E-state index is 0.0580. The number of amides is 1. The van der Waals surface area contributed by atoms with E-state index in [4.69, 9.17) is 4.74 Å². The molecule has 4 heteroatoms. The van der Waals surface area contributed by atoms with Gasteiger partial charge in [-0.25, -0.2) is 0 Å². The Bertz CT molecular complexity index is 620. The lowest BCUT2D eigenvalue weighted by atomic mass is 9.77. The van der Waals surface area contributed by atoms with Crippen molar-refractivity contribution < 1.29 is 14.3 Å². The molecule has 0 N–H and O–H groups in total. The van der Waals surface area contributed by atoms with Gasteiger partial charge in [0.25, 0.3) is 0 Å². The fourth-order valence-electron chi connectivity index (χ4n) is 3.59. The first kappa shape index (κ1) is 19.5. The molecule has 0 aromatic heterocycles. The van der Waals surface area contributed by atoms with Crippen molar-refractivity contribution in [3.8, 4) is 0 Å². The third-order valence-corrected chi connectivity index (χ3v) is 5.04. The Morgan fingerprint density at radius 2 is 1.92 bits per heavy atom. The minimum atomic E-state index is -0.802. The van der Waals surface area contributed by atoms with Crippen molar-refractivity contribution in [1.82, 2.24) is 4.90 Å². The molecule has 0 radical (unpaired) electrons. The van der Waals surface area contributed by atoms with Crippen LogP contribution in [0.5, 0.6) is 0 Å². The highest BCUT2D eigenvalue weighted by Gasteiger charge is 2.55. The summed E-state index contributed by atoms with van der Waals surface area (Å²) in [5.41, 5.74) is -0.276.